The second-order valence-electron chi connectivity index (χ2n) is 5.88. The molecule has 1 unspecified atom stereocenters. The highest BCUT2D eigenvalue weighted by molar-refractivity contribution is 6.30. The van der Waals surface area contributed by atoms with Crippen LogP contribution in [0.2, 0.25) is 5.02 Å². The van der Waals surface area contributed by atoms with Crippen LogP contribution >= 0.6 is 11.6 Å². The first kappa shape index (κ1) is 16.5. The summed E-state index contributed by atoms with van der Waals surface area (Å²) in [5.41, 5.74) is 2.60. The Bertz CT molecular complexity index is 722. The zero-order valence-electron chi connectivity index (χ0n) is 13.4. The van der Waals surface area contributed by atoms with E-state index in [4.69, 9.17) is 11.6 Å². The predicted molar refractivity (Wildman–Crippen MR) is 95.4 cm³/mol. The van der Waals surface area contributed by atoms with E-state index in [9.17, 15) is 4.79 Å². The molecule has 2 aromatic rings. The van der Waals surface area contributed by atoms with Gasteiger partial charge in [0.15, 0.2) is 0 Å². The molecule has 1 aliphatic carbocycles. The quantitative estimate of drug-likeness (QED) is 0.631. The molecular weight excluding hydrogens is 324 g/mol. The summed E-state index contributed by atoms with van der Waals surface area (Å²) in [5, 5.41) is 7.56. The van der Waals surface area contributed by atoms with Crippen molar-refractivity contribution in [1.82, 2.24) is 5.32 Å². The zero-order valence-corrected chi connectivity index (χ0v) is 14.2. The van der Waals surface area contributed by atoms with Crippen molar-refractivity contribution < 1.29 is 9.63 Å². The van der Waals surface area contributed by atoms with Crippen molar-refractivity contribution >= 4 is 23.7 Å². The summed E-state index contributed by atoms with van der Waals surface area (Å²) in [5.74, 6) is 0.431. The SMILES string of the molecule is CO/N=C/c1ccc(C(=O)NC(c2ccc(Cl)cc2)C2CC2)cc1. The number of carbonyl (C=O) groups excluding carboxylic acids is 1. The zero-order chi connectivity index (χ0) is 16.9. The fraction of sp³-hybridized carbons (Fsp3) is 0.263. The number of halogens is 1. The predicted octanol–water partition coefficient (Wildman–Crippen LogP) is 4.20. The summed E-state index contributed by atoms with van der Waals surface area (Å²) in [7, 11) is 1.49. The number of hydrogen-bond donors (Lipinski definition) is 1. The lowest BCUT2D eigenvalue weighted by atomic mass is 10.0. The molecule has 1 fully saturated rings. The molecule has 1 atom stereocenters. The Morgan fingerprint density at radius 1 is 1.21 bits per heavy atom. The second-order valence-corrected chi connectivity index (χ2v) is 6.32. The molecule has 3 rings (SSSR count). The largest absolute Gasteiger partial charge is 0.399 e. The van der Waals surface area contributed by atoms with Crippen LogP contribution in [0.1, 0.15) is 40.4 Å². The molecule has 0 saturated heterocycles. The fourth-order valence-corrected chi connectivity index (χ4v) is 2.76. The lowest BCUT2D eigenvalue weighted by Gasteiger charge is -2.19. The van der Waals surface area contributed by atoms with Crippen LogP contribution in [0.4, 0.5) is 0 Å². The Balaban J connectivity index is 1.71. The third-order valence-corrected chi connectivity index (χ3v) is 4.34. The number of hydrogen-bond acceptors (Lipinski definition) is 3. The number of nitrogens with one attached hydrogen (secondary N) is 1. The van der Waals surface area contributed by atoms with Crippen molar-refractivity contribution in [2.75, 3.05) is 7.11 Å². The molecule has 1 amide bonds. The molecule has 124 valence electrons. The van der Waals surface area contributed by atoms with Crippen LogP contribution in [0, 0.1) is 5.92 Å². The smallest absolute Gasteiger partial charge is 0.251 e. The maximum absolute atomic E-state index is 12.6. The third kappa shape index (κ3) is 4.15. The van der Waals surface area contributed by atoms with Crippen molar-refractivity contribution in [3.63, 3.8) is 0 Å². The summed E-state index contributed by atoms with van der Waals surface area (Å²) in [6.07, 6.45) is 3.88. The van der Waals surface area contributed by atoms with E-state index in [0.717, 1.165) is 24.0 Å². The molecule has 1 saturated carbocycles. The molecule has 1 aliphatic rings. The van der Waals surface area contributed by atoms with Crippen LogP contribution in [0.3, 0.4) is 0 Å². The fourth-order valence-electron chi connectivity index (χ4n) is 2.63. The Morgan fingerprint density at radius 3 is 2.46 bits per heavy atom. The number of carbonyl (C=O) groups is 1. The van der Waals surface area contributed by atoms with E-state index in [0.29, 0.717) is 16.5 Å². The Morgan fingerprint density at radius 2 is 1.88 bits per heavy atom. The van der Waals surface area contributed by atoms with Gasteiger partial charge in [-0.05, 0) is 54.2 Å². The molecule has 5 heteroatoms. The summed E-state index contributed by atoms with van der Waals surface area (Å²) >= 11 is 5.96. The average Bonchev–Trinajstić information content (AvgIpc) is 3.44. The van der Waals surface area contributed by atoms with E-state index in [-0.39, 0.29) is 11.9 Å². The van der Waals surface area contributed by atoms with Crippen molar-refractivity contribution in [2.45, 2.75) is 18.9 Å². The van der Waals surface area contributed by atoms with Gasteiger partial charge >= 0.3 is 0 Å². The molecule has 0 bridgehead atoms. The minimum atomic E-state index is -0.0721. The van der Waals surface area contributed by atoms with Gasteiger partial charge in [-0.3, -0.25) is 4.79 Å². The summed E-state index contributed by atoms with van der Waals surface area (Å²) < 4.78 is 0. The van der Waals surface area contributed by atoms with Crippen LogP contribution in [0.5, 0.6) is 0 Å². The lowest BCUT2D eigenvalue weighted by Crippen LogP contribution is -2.29. The average molecular weight is 343 g/mol. The van der Waals surface area contributed by atoms with E-state index in [1.807, 2.05) is 36.4 Å². The van der Waals surface area contributed by atoms with Crippen molar-refractivity contribution in [3.05, 3.63) is 70.2 Å². The van der Waals surface area contributed by atoms with E-state index in [1.165, 1.54) is 7.11 Å². The van der Waals surface area contributed by atoms with Crippen molar-refractivity contribution in [3.8, 4) is 0 Å². The molecule has 4 nitrogen and oxygen atoms in total. The maximum Gasteiger partial charge on any atom is 0.251 e. The molecule has 0 aromatic heterocycles. The number of oxime groups is 1. The highest BCUT2D eigenvalue weighted by Crippen LogP contribution is 2.41. The molecule has 0 radical (unpaired) electrons. The standard InChI is InChI=1S/C19H19ClN2O2/c1-24-21-12-13-2-4-16(5-3-13)19(23)22-18(14-6-7-14)15-8-10-17(20)11-9-15/h2-5,8-12,14,18H,6-7H2,1H3,(H,22,23)/b21-12+. The van der Waals surface area contributed by atoms with Gasteiger partial charge in [-0.2, -0.15) is 0 Å². The minimum Gasteiger partial charge on any atom is -0.399 e. The van der Waals surface area contributed by atoms with Gasteiger partial charge in [0.05, 0.1) is 12.3 Å². The monoisotopic (exact) mass is 342 g/mol. The van der Waals surface area contributed by atoms with Gasteiger partial charge in [-0.1, -0.05) is 41.0 Å². The third-order valence-electron chi connectivity index (χ3n) is 4.09. The highest BCUT2D eigenvalue weighted by Gasteiger charge is 2.33. The highest BCUT2D eigenvalue weighted by atomic mass is 35.5. The first-order valence-electron chi connectivity index (χ1n) is 7.90. The molecule has 24 heavy (non-hydrogen) atoms. The van der Waals surface area contributed by atoms with E-state index in [1.54, 1.807) is 18.3 Å². The van der Waals surface area contributed by atoms with Crippen molar-refractivity contribution in [2.24, 2.45) is 11.1 Å². The summed E-state index contributed by atoms with van der Waals surface area (Å²) in [6, 6.07) is 15.0. The van der Waals surface area contributed by atoms with Gasteiger partial charge in [0.1, 0.15) is 7.11 Å². The first-order valence-corrected chi connectivity index (χ1v) is 8.28. The van der Waals surface area contributed by atoms with Crippen molar-refractivity contribution in [1.29, 1.82) is 0 Å². The number of rotatable bonds is 6. The maximum atomic E-state index is 12.6. The number of nitrogens with zero attached hydrogens (tertiary/aromatic N) is 1. The Hall–Kier alpha value is -2.33. The minimum absolute atomic E-state index is 0.0319. The molecule has 0 aliphatic heterocycles. The van der Waals surface area contributed by atoms with E-state index in [2.05, 4.69) is 15.3 Å². The van der Waals surface area contributed by atoms with E-state index >= 15 is 0 Å². The molecule has 0 heterocycles. The van der Waals surface area contributed by atoms with Crippen LogP contribution in [-0.2, 0) is 4.84 Å². The second kappa shape index (κ2) is 7.49. The Labute approximate surface area is 146 Å². The van der Waals surface area contributed by atoms with Crippen LogP contribution < -0.4 is 5.32 Å². The first-order chi connectivity index (χ1) is 11.7. The van der Waals surface area contributed by atoms with Gasteiger partial charge in [-0.25, -0.2) is 0 Å². The van der Waals surface area contributed by atoms with Crippen LogP contribution in [0.15, 0.2) is 53.7 Å². The lowest BCUT2D eigenvalue weighted by molar-refractivity contribution is 0.0931. The summed E-state index contributed by atoms with van der Waals surface area (Å²) in [4.78, 5) is 17.2. The Kier molecular flexibility index (Phi) is 5.16. The van der Waals surface area contributed by atoms with Gasteiger partial charge in [-0.15, -0.1) is 0 Å². The summed E-state index contributed by atoms with van der Waals surface area (Å²) in [6.45, 7) is 0. The molecule has 1 N–H and O–H groups in total. The normalized spacial score (nSPS) is 15.2. The molecule has 2 aromatic carbocycles. The van der Waals surface area contributed by atoms with Gasteiger partial charge in [0.25, 0.3) is 5.91 Å². The molecular formula is C19H19ClN2O2. The van der Waals surface area contributed by atoms with Gasteiger partial charge < -0.3 is 10.2 Å². The topological polar surface area (TPSA) is 50.7 Å². The number of benzene rings is 2. The van der Waals surface area contributed by atoms with E-state index < -0.39 is 0 Å². The van der Waals surface area contributed by atoms with Crippen LogP contribution in [-0.4, -0.2) is 19.2 Å². The van der Waals surface area contributed by atoms with Gasteiger partial charge in [0, 0.05) is 10.6 Å². The molecule has 0 spiro atoms. The number of amides is 1. The van der Waals surface area contributed by atoms with Crippen LogP contribution in [0.25, 0.3) is 0 Å². The van der Waals surface area contributed by atoms with Gasteiger partial charge in [0.2, 0.25) is 0 Å².